The summed E-state index contributed by atoms with van der Waals surface area (Å²) < 4.78 is 0. The molecule has 0 fully saturated rings. The molecule has 96 valence electrons. The number of hydrogen-bond donors (Lipinski definition) is 1. The summed E-state index contributed by atoms with van der Waals surface area (Å²) in [4.78, 5) is 2.12. The highest BCUT2D eigenvalue weighted by Crippen LogP contribution is 2.28. The predicted molar refractivity (Wildman–Crippen MR) is 73.7 cm³/mol. The van der Waals surface area contributed by atoms with Crippen molar-refractivity contribution in [2.24, 2.45) is 0 Å². The Kier molecular flexibility index (Phi) is 2.97. The zero-order chi connectivity index (χ0) is 13.2. The zero-order valence-corrected chi connectivity index (χ0v) is 10.9. The summed E-state index contributed by atoms with van der Waals surface area (Å²) in [5, 5.41) is 16.5. The number of nitrogens with zero attached hydrogens (tertiary/aromatic N) is 4. The fourth-order valence-corrected chi connectivity index (χ4v) is 2.32. The van der Waals surface area contributed by atoms with Crippen LogP contribution in [0.2, 0.25) is 0 Å². The summed E-state index contributed by atoms with van der Waals surface area (Å²) in [7, 11) is 4.07. The molecule has 2 aromatic heterocycles. The minimum atomic E-state index is 0.0423. The summed E-state index contributed by atoms with van der Waals surface area (Å²) in [6, 6.07) is 10.3. The third-order valence-corrected chi connectivity index (χ3v) is 3.17. The molecule has 5 nitrogen and oxygen atoms in total. The van der Waals surface area contributed by atoms with E-state index in [-0.39, 0.29) is 6.04 Å². The zero-order valence-electron chi connectivity index (χ0n) is 10.9. The Labute approximate surface area is 111 Å². The maximum atomic E-state index is 4.30. The number of benzene rings is 1. The molecule has 0 saturated carbocycles. The van der Waals surface area contributed by atoms with E-state index in [1.165, 1.54) is 5.56 Å². The van der Waals surface area contributed by atoms with Gasteiger partial charge in [-0.15, -0.1) is 0 Å². The van der Waals surface area contributed by atoms with Crippen molar-refractivity contribution in [3.05, 3.63) is 54.0 Å². The molecule has 1 atom stereocenters. The summed E-state index contributed by atoms with van der Waals surface area (Å²) >= 11 is 0. The van der Waals surface area contributed by atoms with Crippen molar-refractivity contribution in [3.63, 3.8) is 0 Å². The molecule has 0 aliphatic heterocycles. The monoisotopic (exact) mass is 253 g/mol. The molecule has 0 amide bonds. The van der Waals surface area contributed by atoms with Gasteiger partial charge in [0.2, 0.25) is 0 Å². The summed E-state index contributed by atoms with van der Waals surface area (Å²) in [5.41, 5.74) is 2.92. The van der Waals surface area contributed by atoms with Gasteiger partial charge in [0.25, 0.3) is 0 Å². The van der Waals surface area contributed by atoms with Crippen LogP contribution in [-0.4, -0.2) is 39.4 Å². The lowest BCUT2D eigenvalue weighted by molar-refractivity contribution is 0.336. The average Bonchev–Trinajstić information content (AvgIpc) is 2.89. The number of aromatic amines is 1. The lowest BCUT2D eigenvalue weighted by Gasteiger charge is -2.23. The summed E-state index contributed by atoms with van der Waals surface area (Å²) in [5.74, 6) is 0. The molecule has 0 saturated heterocycles. The largest absolute Gasteiger partial charge is 0.297 e. The van der Waals surface area contributed by atoms with Crippen LogP contribution >= 0.6 is 0 Å². The van der Waals surface area contributed by atoms with Crippen LogP contribution in [0.4, 0.5) is 0 Å². The molecular formula is C14H15N5. The number of H-pyrrole nitrogens is 1. The van der Waals surface area contributed by atoms with E-state index in [4.69, 9.17) is 0 Å². The number of fused-ring (bicyclic) bond motifs is 1. The van der Waals surface area contributed by atoms with E-state index in [2.05, 4.69) is 37.4 Å². The first kappa shape index (κ1) is 11.8. The first-order valence-corrected chi connectivity index (χ1v) is 6.14. The molecule has 1 N–H and O–H groups in total. The van der Waals surface area contributed by atoms with Crippen molar-refractivity contribution in [2.45, 2.75) is 6.04 Å². The van der Waals surface area contributed by atoms with Crippen LogP contribution < -0.4 is 0 Å². The van der Waals surface area contributed by atoms with Gasteiger partial charge in [-0.05, 0) is 19.7 Å². The highest BCUT2D eigenvalue weighted by Gasteiger charge is 2.22. The fraction of sp³-hybridized carbons (Fsp3) is 0.214. The van der Waals surface area contributed by atoms with Gasteiger partial charge in [0.15, 0.2) is 0 Å². The standard InChI is InChI=1S/C14H15N5/c1-19(2)14(10-6-4-3-5-7-10)13-12-11(8-15-17-12)9-16-18-13/h3-9,14H,1-2H3,(H,15,17). The Balaban J connectivity index is 2.18. The van der Waals surface area contributed by atoms with Crippen molar-refractivity contribution in [3.8, 4) is 0 Å². The van der Waals surface area contributed by atoms with Crippen molar-refractivity contribution in [1.82, 2.24) is 25.3 Å². The Morgan fingerprint density at radius 2 is 1.95 bits per heavy atom. The Morgan fingerprint density at radius 1 is 1.16 bits per heavy atom. The van der Waals surface area contributed by atoms with E-state index in [0.717, 1.165) is 16.6 Å². The van der Waals surface area contributed by atoms with Crippen molar-refractivity contribution < 1.29 is 0 Å². The van der Waals surface area contributed by atoms with Gasteiger partial charge >= 0.3 is 0 Å². The molecular weight excluding hydrogens is 238 g/mol. The van der Waals surface area contributed by atoms with Gasteiger partial charge < -0.3 is 0 Å². The molecule has 0 bridgehead atoms. The predicted octanol–water partition coefficient (Wildman–Crippen LogP) is 2.00. The smallest absolute Gasteiger partial charge is 0.119 e. The second-order valence-electron chi connectivity index (χ2n) is 4.70. The Morgan fingerprint density at radius 3 is 2.68 bits per heavy atom. The quantitative estimate of drug-likeness (QED) is 0.775. The number of nitrogens with one attached hydrogen (secondary N) is 1. The number of aromatic nitrogens is 4. The van der Waals surface area contributed by atoms with Gasteiger partial charge in [-0.1, -0.05) is 30.3 Å². The van der Waals surface area contributed by atoms with E-state index in [1.54, 1.807) is 6.20 Å². The molecule has 0 aliphatic rings. The van der Waals surface area contributed by atoms with Crippen LogP contribution in [-0.2, 0) is 0 Å². The average molecular weight is 253 g/mol. The third-order valence-electron chi connectivity index (χ3n) is 3.17. The van der Waals surface area contributed by atoms with Gasteiger partial charge in [-0.25, -0.2) is 0 Å². The highest BCUT2D eigenvalue weighted by molar-refractivity contribution is 5.79. The third kappa shape index (κ3) is 2.08. The van der Waals surface area contributed by atoms with Gasteiger partial charge in [-0.2, -0.15) is 15.3 Å². The normalized spacial score (nSPS) is 13.0. The first-order chi connectivity index (χ1) is 9.27. The van der Waals surface area contributed by atoms with Crippen LogP contribution in [0.1, 0.15) is 17.3 Å². The fourth-order valence-electron chi connectivity index (χ4n) is 2.32. The van der Waals surface area contributed by atoms with Gasteiger partial charge in [0.1, 0.15) is 11.2 Å². The number of hydrogen-bond acceptors (Lipinski definition) is 4. The van der Waals surface area contributed by atoms with Crippen molar-refractivity contribution in [2.75, 3.05) is 14.1 Å². The first-order valence-electron chi connectivity index (χ1n) is 6.14. The Hall–Kier alpha value is -2.27. The van der Waals surface area contributed by atoms with E-state index >= 15 is 0 Å². The molecule has 5 heteroatoms. The van der Waals surface area contributed by atoms with E-state index < -0.39 is 0 Å². The summed E-state index contributed by atoms with van der Waals surface area (Å²) in [6.07, 6.45) is 3.56. The van der Waals surface area contributed by atoms with E-state index in [9.17, 15) is 0 Å². The highest BCUT2D eigenvalue weighted by atomic mass is 15.2. The second kappa shape index (κ2) is 4.78. The second-order valence-corrected chi connectivity index (χ2v) is 4.70. The molecule has 3 aromatic rings. The van der Waals surface area contributed by atoms with Gasteiger partial charge in [0, 0.05) is 11.6 Å². The van der Waals surface area contributed by atoms with Gasteiger partial charge in [-0.3, -0.25) is 10.00 Å². The van der Waals surface area contributed by atoms with Crippen LogP contribution in [0.5, 0.6) is 0 Å². The van der Waals surface area contributed by atoms with Crippen LogP contribution in [0, 0.1) is 0 Å². The summed E-state index contributed by atoms with van der Waals surface area (Å²) in [6.45, 7) is 0. The molecule has 0 radical (unpaired) electrons. The molecule has 0 spiro atoms. The Bertz CT molecular complexity index is 674. The lowest BCUT2D eigenvalue weighted by atomic mass is 10.0. The molecule has 3 rings (SSSR count). The van der Waals surface area contributed by atoms with Gasteiger partial charge in [0.05, 0.1) is 12.2 Å². The molecule has 0 aliphatic carbocycles. The van der Waals surface area contributed by atoms with Crippen LogP contribution in [0.15, 0.2) is 42.7 Å². The molecule has 1 unspecified atom stereocenters. The number of rotatable bonds is 3. The molecule has 1 aromatic carbocycles. The lowest BCUT2D eigenvalue weighted by Crippen LogP contribution is -2.22. The molecule has 2 heterocycles. The van der Waals surface area contributed by atoms with Crippen LogP contribution in [0.25, 0.3) is 10.9 Å². The SMILES string of the molecule is CN(C)C(c1ccccc1)c1nncc2c[nH]nc12. The minimum Gasteiger partial charge on any atom is -0.297 e. The van der Waals surface area contributed by atoms with Crippen molar-refractivity contribution >= 4 is 10.9 Å². The van der Waals surface area contributed by atoms with E-state index in [0.29, 0.717) is 0 Å². The molecule has 19 heavy (non-hydrogen) atoms. The maximum absolute atomic E-state index is 4.30. The maximum Gasteiger partial charge on any atom is 0.119 e. The minimum absolute atomic E-state index is 0.0423. The van der Waals surface area contributed by atoms with Crippen LogP contribution in [0.3, 0.4) is 0 Å². The van der Waals surface area contributed by atoms with E-state index in [1.807, 2.05) is 38.5 Å². The van der Waals surface area contributed by atoms with Crippen molar-refractivity contribution in [1.29, 1.82) is 0 Å². The topological polar surface area (TPSA) is 57.7 Å².